The van der Waals surface area contributed by atoms with Crippen molar-refractivity contribution in [3.8, 4) is 6.07 Å². The molecule has 0 atom stereocenters. The van der Waals surface area contributed by atoms with Crippen LogP contribution in [0.4, 0.5) is 11.6 Å². The molecular formula is C14H15N5. The number of anilines is 2. The SMILES string of the molecule is CCNc1cncc(NCc2cccc(C#N)c2)n1. The van der Waals surface area contributed by atoms with E-state index in [2.05, 4.69) is 26.7 Å². The average Bonchev–Trinajstić information content (AvgIpc) is 2.46. The van der Waals surface area contributed by atoms with Gasteiger partial charge in [-0.25, -0.2) is 4.98 Å². The molecule has 1 aromatic carbocycles. The summed E-state index contributed by atoms with van der Waals surface area (Å²) in [6.45, 7) is 3.43. The standard InChI is InChI=1S/C14H15N5/c1-2-17-13-9-16-10-14(19-13)18-8-12-5-3-4-11(6-12)7-15/h3-6,9-10H,2,8H2,1H3,(H2,17,18,19). The molecule has 0 fully saturated rings. The Labute approximate surface area is 112 Å². The van der Waals surface area contributed by atoms with Crippen molar-refractivity contribution in [3.63, 3.8) is 0 Å². The van der Waals surface area contributed by atoms with Crippen LogP contribution in [0.3, 0.4) is 0 Å². The van der Waals surface area contributed by atoms with Gasteiger partial charge in [-0.2, -0.15) is 5.26 Å². The number of rotatable bonds is 5. The second-order valence-electron chi connectivity index (χ2n) is 3.99. The van der Waals surface area contributed by atoms with Gasteiger partial charge in [0.25, 0.3) is 0 Å². The number of hydrogen-bond acceptors (Lipinski definition) is 5. The molecule has 1 aromatic heterocycles. The Morgan fingerprint density at radius 1 is 1.21 bits per heavy atom. The van der Waals surface area contributed by atoms with E-state index in [4.69, 9.17) is 5.26 Å². The van der Waals surface area contributed by atoms with Gasteiger partial charge in [0.2, 0.25) is 0 Å². The van der Waals surface area contributed by atoms with Crippen molar-refractivity contribution in [1.82, 2.24) is 9.97 Å². The molecule has 1 heterocycles. The predicted molar refractivity (Wildman–Crippen MR) is 74.7 cm³/mol. The van der Waals surface area contributed by atoms with Gasteiger partial charge in [0.1, 0.15) is 11.6 Å². The normalized spacial score (nSPS) is 9.68. The van der Waals surface area contributed by atoms with Crippen LogP contribution in [0.1, 0.15) is 18.1 Å². The zero-order chi connectivity index (χ0) is 13.5. The highest BCUT2D eigenvalue weighted by molar-refractivity contribution is 5.42. The summed E-state index contributed by atoms with van der Waals surface area (Å²) in [5, 5.41) is 15.1. The van der Waals surface area contributed by atoms with Crippen LogP contribution >= 0.6 is 0 Å². The first-order chi connectivity index (χ1) is 9.31. The Kier molecular flexibility index (Phi) is 4.29. The van der Waals surface area contributed by atoms with Crippen LogP contribution in [0.5, 0.6) is 0 Å². The van der Waals surface area contributed by atoms with E-state index in [1.165, 1.54) is 0 Å². The lowest BCUT2D eigenvalue weighted by Crippen LogP contribution is -2.05. The molecule has 0 aliphatic heterocycles. The van der Waals surface area contributed by atoms with Crippen LogP contribution in [0.15, 0.2) is 36.7 Å². The van der Waals surface area contributed by atoms with Gasteiger partial charge in [-0.15, -0.1) is 0 Å². The first kappa shape index (κ1) is 12.8. The van der Waals surface area contributed by atoms with Crippen molar-refractivity contribution in [2.45, 2.75) is 13.5 Å². The Balaban J connectivity index is 2.01. The van der Waals surface area contributed by atoms with Gasteiger partial charge in [0.15, 0.2) is 0 Å². The van der Waals surface area contributed by atoms with Crippen LogP contribution in [-0.4, -0.2) is 16.5 Å². The molecule has 0 saturated carbocycles. The zero-order valence-electron chi connectivity index (χ0n) is 10.7. The summed E-state index contributed by atoms with van der Waals surface area (Å²) in [5.74, 6) is 1.46. The maximum atomic E-state index is 8.84. The monoisotopic (exact) mass is 253 g/mol. The molecule has 0 aliphatic rings. The fourth-order valence-corrected chi connectivity index (χ4v) is 1.66. The third-order valence-electron chi connectivity index (χ3n) is 2.52. The molecule has 19 heavy (non-hydrogen) atoms. The fraction of sp³-hybridized carbons (Fsp3) is 0.214. The van der Waals surface area contributed by atoms with E-state index < -0.39 is 0 Å². The third-order valence-corrected chi connectivity index (χ3v) is 2.52. The summed E-state index contributed by atoms with van der Waals surface area (Å²) >= 11 is 0. The van der Waals surface area contributed by atoms with Crippen LogP contribution in [0.2, 0.25) is 0 Å². The second-order valence-corrected chi connectivity index (χ2v) is 3.99. The minimum Gasteiger partial charge on any atom is -0.369 e. The molecule has 0 saturated heterocycles. The van der Waals surface area contributed by atoms with Crippen LogP contribution in [-0.2, 0) is 6.54 Å². The van der Waals surface area contributed by atoms with Gasteiger partial charge in [-0.3, -0.25) is 4.98 Å². The summed E-state index contributed by atoms with van der Waals surface area (Å²) in [7, 11) is 0. The minimum atomic E-state index is 0.611. The topological polar surface area (TPSA) is 73.6 Å². The van der Waals surface area contributed by atoms with Gasteiger partial charge < -0.3 is 10.6 Å². The number of hydrogen-bond donors (Lipinski definition) is 2. The lowest BCUT2D eigenvalue weighted by Gasteiger charge is -2.07. The maximum Gasteiger partial charge on any atom is 0.147 e. The Bertz CT molecular complexity index is 588. The van der Waals surface area contributed by atoms with Crippen molar-refractivity contribution in [1.29, 1.82) is 5.26 Å². The van der Waals surface area contributed by atoms with Crippen molar-refractivity contribution in [3.05, 3.63) is 47.8 Å². The van der Waals surface area contributed by atoms with Gasteiger partial charge >= 0.3 is 0 Å². The molecule has 0 spiro atoms. The lowest BCUT2D eigenvalue weighted by atomic mass is 10.1. The van der Waals surface area contributed by atoms with E-state index in [9.17, 15) is 0 Å². The Hall–Kier alpha value is -2.61. The van der Waals surface area contributed by atoms with E-state index in [1.807, 2.05) is 25.1 Å². The largest absolute Gasteiger partial charge is 0.369 e. The highest BCUT2D eigenvalue weighted by Crippen LogP contribution is 2.09. The zero-order valence-corrected chi connectivity index (χ0v) is 10.7. The first-order valence-electron chi connectivity index (χ1n) is 6.10. The Morgan fingerprint density at radius 3 is 2.74 bits per heavy atom. The van der Waals surface area contributed by atoms with Crippen molar-refractivity contribution < 1.29 is 0 Å². The van der Waals surface area contributed by atoms with Gasteiger partial charge in [-0.1, -0.05) is 12.1 Å². The van der Waals surface area contributed by atoms with Gasteiger partial charge in [-0.05, 0) is 24.6 Å². The number of aromatic nitrogens is 2. The van der Waals surface area contributed by atoms with Gasteiger partial charge in [0, 0.05) is 13.1 Å². The highest BCUT2D eigenvalue weighted by Gasteiger charge is 1.99. The molecule has 2 aromatic rings. The molecule has 2 N–H and O–H groups in total. The summed E-state index contributed by atoms with van der Waals surface area (Å²) in [5.41, 5.74) is 1.70. The van der Waals surface area contributed by atoms with Crippen LogP contribution < -0.4 is 10.6 Å². The van der Waals surface area contributed by atoms with Crippen molar-refractivity contribution in [2.75, 3.05) is 17.2 Å². The van der Waals surface area contributed by atoms with E-state index in [-0.39, 0.29) is 0 Å². The number of benzene rings is 1. The minimum absolute atomic E-state index is 0.611. The van der Waals surface area contributed by atoms with Crippen molar-refractivity contribution in [2.24, 2.45) is 0 Å². The molecule has 96 valence electrons. The molecule has 0 unspecified atom stereocenters. The molecule has 5 nitrogen and oxygen atoms in total. The van der Waals surface area contributed by atoms with Crippen LogP contribution in [0.25, 0.3) is 0 Å². The Morgan fingerprint density at radius 2 is 2.00 bits per heavy atom. The summed E-state index contributed by atoms with van der Waals surface area (Å²) in [4.78, 5) is 8.48. The van der Waals surface area contributed by atoms with E-state index >= 15 is 0 Å². The average molecular weight is 253 g/mol. The maximum absolute atomic E-state index is 8.84. The summed E-state index contributed by atoms with van der Waals surface area (Å²) < 4.78 is 0. The molecule has 0 bridgehead atoms. The summed E-state index contributed by atoms with van der Waals surface area (Å²) in [6, 6.07) is 9.61. The molecule has 0 aliphatic carbocycles. The van der Waals surface area contributed by atoms with E-state index in [1.54, 1.807) is 18.5 Å². The van der Waals surface area contributed by atoms with E-state index in [0.717, 1.165) is 17.9 Å². The predicted octanol–water partition coefficient (Wildman–Crippen LogP) is 2.39. The number of nitriles is 1. The molecule has 5 heteroatoms. The quantitative estimate of drug-likeness (QED) is 0.855. The third kappa shape index (κ3) is 3.68. The van der Waals surface area contributed by atoms with E-state index in [0.29, 0.717) is 17.9 Å². The number of nitrogens with one attached hydrogen (secondary N) is 2. The summed E-state index contributed by atoms with van der Waals surface area (Å²) in [6.07, 6.45) is 3.36. The van der Waals surface area contributed by atoms with Gasteiger partial charge in [0.05, 0.1) is 24.0 Å². The molecule has 2 rings (SSSR count). The fourth-order valence-electron chi connectivity index (χ4n) is 1.66. The molecular weight excluding hydrogens is 238 g/mol. The molecule has 0 amide bonds. The highest BCUT2D eigenvalue weighted by atomic mass is 15.1. The van der Waals surface area contributed by atoms with Crippen LogP contribution in [0, 0.1) is 11.3 Å². The lowest BCUT2D eigenvalue weighted by molar-refractivity contribution is 1.07. The molecule has 0 radical (unpaired) electrons. The van der Waals surface area contributed by atoms with Crippen molar-refractivity contribution >= 4 is 11.6 Å². The number of nitrogens with zero attached hydrogens (tertiary/aromatic N) is 3. The first-order valence-corrected chi connectivity index (χ1v) is 6.10. The smallest absolute Gasteiger partial charge is 0.147 e. The second kappa shape index (κ2) is 6.36.